The average Bonchev–Trinajstić information content (AvgIpc) is 2.43. The largest absolute Gasteiger partial charge is 0.311 e. The summed E-state index contributed by atoms with van der Waals surface area (Å²) in [6.07, 6.45) is 6.83. The molecular formula is C18H30N2. The van der Waals surface area contributed by atoms with E-state index >= 15 is 0 Å². The highest BCUT2D eigenvalue weighted by Crippen LogP contribution is 2.31. The van der Waals surface area contributed by atoms with Crippen molar-refractivity contribution in [2.45, 2.75) is 58.0 Å². The first-order chi connectivity index (χ1) is 9.53. The molecule has 0 atom stereocenters. The average molecular weight is 274 g/mol. The normalized spacial score (nSPS) is 18.4. The third kappa shape index (κ3) is 3.62. The maximum absolute atomic E-state index is 3.72. The summed E-state index contributed by atoms with van der Waals surface area (Å²) in [5.74, 6) is 0. The Labute approximate surface area is 124 Å². The van der Waals surface area contributed by atoms with Crippen molar-refractivity contribution in [2.75, 3.05) is 20.6 Å². The minimum atomic E-state index is 0.371. The van der Waals surface area contributed by atoms with E-state index in [1.54, 1.807) is 0 Å². The molecule has 0 radical (unpaired) electrons. The molecule has 0 aliphatic heterocycles. The molecular weight excluding hydrogens is 244 g/mol. The van der Waals surface area contributed by atoms with Crippen LogP contribution in [0.5, 0.6) is 0 Å². The molecule has 0 spiro atoms. The van der Waals surface area contributed by atoms with Crippen LogP contribution in [0.1, 0.15) is 48.8 Å². The number of aryl methyl sites for hydroxylation is 2. The standard InChI is InChI=1S/C18H30N2/c1-15-8-9-16(2)17(12-15)13-19-14-18(20(3)4)10-6-5-7-11-18/h8-9,12,19H,5-7,10-11,13-14H2,1-4H3. The molecule has 2 nitrogen and oxygen atoms in total. The molecule has 0 heterocycles. The Kier molecular flexibility index (Phi) is 5.22. The molecule has 0 saturated heterocycles. The van der Waals surface area contributed by atoms with Gasteiger partial charge in [0.2, 0.25) is 0 Å². The Morgan fingerprint density at radius 3 is 2.45 bits per heavy atom. The Balaban J connectivity index is 1.95. The van der Waals surface area contributed by atoms with Gasteiger partial charge in [-0.05, 0) is 51.9 Å². The van der Waals surface area contributed by atoms with Crippen LogP contribution >= 0.6 is 0 Å². The van der Waals surface area contributed by atoms with Crippen LogP contribution in [-0.2, 0) is 6.54 Å². The van der Waals surface area contributed by atoms with E-state index in [-0.39, 0.29) is 0 Å². The predicted molar refractivity (Wildman–Crippen MR) is 87.1 cm³/mol. The highest BCUT2D eigenvalue weighted by Gasteiger charge is 2.33. The van der Waals surface area contributed by atoms with Gasteiger partial charge in [-0.15, -0.1) is 0 Å². The predicted octanol–water partition coefficient (Wildman–Crippen LogP) is 3.66. The molecule has 20 heavy (non-hydrogen) atoms. The maximum Gasteiger partial charge on any atom is 0.0328 e. The Bertz CT molecular complexity index is 431. The van der Waals surface area contributed by atoms with Crippen LogP contribution in [0.25, 0.3) is 0 Å². The molecule has 0 aromatic heterocycles. The number of nitrogens with zero attached hydrogens (tertiary/aromatic N) is 1. The Hall–Kier alpha value is -0.860. The van der Waals surface area contributed by atoms with Gasteiger partial charge in [-0.3, -0.25) is 0 Å². The molecule has 2 heteroatoms. The summed E-state index contributed by atoms with van der Waals surface area (Å²) in [6, 6.07) is 6.74. The van der Waals surface area contributed by atoms with E-state index in [0.717, 1.165) is 13.1 Å². The second-order valence-corrected chi connectivity index (χ2v) is 6.71. The minimum absolute atomic E-state index is 0.371. The lowest BCUT2D eigenvalue weighted by atomic mass is 9.80. The molecule has 0 bridgehead atoms. The zero-order chi connectivity index (χ0) is 14.6. The van der Waals surface area contributed by atoms with Gasteiger partial charge in [-0.25, -0.2) is 0 Å². The van der Waals surface area contributed by atoms with Crippen LogP contribution in [0.4, 0.5) is 0 Å². The van der Waals surface area contributed by atoms with Crippen molar-refractivity contribution in [3.8, 4) is 0 Å². The van der Waals surface area contributed by atoms with Crippen molar-refractivity contribution >= 4 is 0 Å². The molecule has 1 saturated carbocycles. The second kappa shape index (κ2) is 6.73. The first kappa shape index (κ1) is 15.5. The van der Waals surface area contributed by atoms with E-state index in [1.165, 1.54) is 48.8 Å². The second-order valence-electron chi connectivity index (χ2n) is 6.71. The lowest BCUT2D eigenvalue weighted by molar-refractivity contribution is 0.0984. The van der Waals surface area contributed by atoms with E-state index in [4.69, 9.17) is 0 Å². The summed E-state index contributed by atoms with van der Waals surface area (Å²) in [5, 5.41) is 3.72. The quantitative estimate of drug-likeness (QED) is 0.881. The van der Waals surface area contributed by atoms with E-state index in [2.05, 4.69) is 56.4 Å². The Morgan fingerprint density at radius 2 is 1.80 bits per heavy atom. The number of nitrogens with one attached hydrogen (secondary N) is 1. The van der Waals surface area contributed by atoms with Crippen LogP contribution in [0.3, 0.4) is 0 Å². The van der Waals surface area contributed by atoms with Crippen LogP contribution < -0.4 is 5.32 Å². The van der Waals surface area contributed by atoms with Crippen molar-refractivity contribution in [3.63, 3.8) is 0 Å². The van der Waals surface area contributed by atoms with Crippen molar-refractivity contribution in [2.24, 2.45) is 0 Å². The lowest BCUT2D eigenvalue weighted by Gasteiger charge is -2.43. The van der Waals surface area contributed by atoms with Crippen molar-refractivity contribution in [1.29, 1.82) is 0 Å². The van der Waals surface area contributed by atoms with Gasteiger partial charge in [0.05, 0.1) is 0 Å². The van der Waals surface area contributed by atoms with Gasteiger partial charge in [-0.2, -0.15) is 0 Å². The first-order valence-electron chi connectivity index (χ1n) is 7.98. The highest BCUT2D eigenvalue weighted by atomic mass is 15.2. The third-order valence-electron chi connectivity index (χ3n) is 5.01. The third-order valence-corrected chi connectivity index (χ3v) is 5.01. The number of rotatable bonds is 5. The van der Waals surface area contributed by atoms with Gasteiger partial charge in [-0.1, -0.05) is 43.0 Å². The smallest absolute Gasteiger partial charge is 0.0328 e. The number of benzene rings is 1. The van der Waals surface area contributed by atoms with Gasteiger partial charge in [0.25, 0.3) is 0 Å². The maximum atomic E-state index is 3.72. The molecule has 2 rings (SSSR count). The van der Waals surface area contributed by atoms with Crippen LogP contribution in [0.2, 0.25) is 0 Å². The van der Waals surface area contributed by atoms with Crippen molar-refractivity contribution in [1.82, 2.24) is 10.2 Å². The molecule has 1 N–H and O–H groups in total. The SMILES string of the molecule is Cc1ccc(C)c(CNCC2(N(C)C)CCCCC2)c1. The fraction of sp³-hybridized carbons (Fsp3) is 0.667. The fourth-order valence-electron chi connectivity index (χ4n) is 3.41. The number of hydrogen-bond donors (Lipinski definition) is 1. The zero-order valence-electron chi connectivity index (χ0n) is 13.6. The van der Waals surface area contributed by atoms with Crippen molar-refractivity contribution in [3.05, 3.63) is 34.9 Å². The summed E-state index contributed by atoms with van der Waals surface area (Å²) in [7, 11) is 4.48. The number of likely N-dealkylation sites (N-methyl/N-ethyl adjacent to an activating group) is 1. The van der Waals surface area contributed by atoms with Crippen LogP contribution in [0, 0.1) is 13.8 Å². The lowest BCUT2D eigenvalue weighted by Crippen LogP contribution is -2.52. The van der Waals surface area contributed by atoms with E-state index in [0.29, 0.717) is 5.54 Å². The summed E-state index contributed by atoms with van der Waals surface area (Å²) >= 11 is 0. The van der Waals surface area contributed by atoms with E-state index < -0.39 is 0 Å². The first-order valence-corrected chi connectivity index (χ1v) is 7.98. The number of hydrogen-bond acceptors (Lipinski definition) is 2. The minimum Gasteiger partial charge on any atom is -0.311 e. The molecule has 1 fully saturated rings. The van der Waals surface area contributed by atoms with Gasteiger partial charge < -0.3 is 10.2 Å². The van der Waals surface area contributed by atoms with Gasteiger partial charge in [0.15, 0.2) is 0 Å². The molecule has 1 aromatic rings. The molecule has 112 valence electrons. The van der Waals surface area contributed by atoms with Gasteiger partial charge >= 0.3 is 0 Å². The van der Waals surface area contributed by atoms with Crippen LogP contribution in [-0.4, -0.2) is 31.1 Å². The Morgan fingerprint density at radius 1 is 1.10 bits per heavy atom. The summed E-state index contributed by atoms with van der Waals surface area (Å²) in [5.41, 5.74) is 4.56. The van der Waals surface area contributed by atoms with Crippen LogP contribution in [0.15, 0.2) is 18.2 Å². The van der Waals surface area contributed by atoms with Crippen molar-refractivity contribution < 1.29 is 0 Å². The highest BCUT2D eigenvalue weighted by molar-refractivity contribution is 5.30. The summed E-state index contributed by atoms with van der Waals surface area (Å²) < 4.78 is 0. The molecule has 1 aliphatic rings. The molecule has 1 aliphatic carbocycles. The monoisotopic (exact) mass is 274 g/mol. The molecule has 1 aromatic carbocycles. The molecule has 0 amide bonds. The fourth-order valence-corrected chi connectivity index (χ4v) is 3.41. The van der Waals surface area contributed by atoms with E-state index in [9.17, 15) is 0 Å². The zero-order valence-corrected chi connectivity index (χ0v) is 13.6. The van der Waals surface area contributed by atoms with E-state index in [1.807, 2.05) is 0 Å². The molecule has 0 unspecified atom stereocenters. The van der Waals surface area contributed by atoms with Gasteiger partial charge in [0.1, 0.15) is 0 Å². The van der Waals surface area contributed by atoms with Gasteiger partial charge in [0, 0.05) is 18.6 Å². The summed E-state index contributed by atoms with van der Waals surface area (Å²) in [6.45, 7) is 6.47. The summed E-state index contributed by atoms with van der Waals surface area (Å²) in [4.78, 5) is 2.45. The topological polar surface area (TPSA) is 15.3 Å².